The molecule has 4 aromatic heterocycles. The predicted octanol–water partition coefficient (Wildman–Crippen LogP) is 4.00. The Balaban J connectivity index is 0.000000252. The standard InChI is InChI=1S/2C26H27F5N6O3.2C2H6O.K/c2*27-18-4-1-3-17(21(18)28)15-6-7-19(23(38)36(13-15)14-26(29,30)31)33-24(39)35-11-8-16(9-12-35)37-20-5-2-10-32-22(20)34-25(37)40;2*1-2-3;/h1-5,10,15-16,19H,6-9,11-14H2,(H,33,39)(H,32,34,40);1-5,10,15-16,19H,6-9,11-14H2,(H2,32,33,34,39,40);2*3H,2H2,1H3;/q;;;;+1/p-1/t2*15-,19?;;;/m11.../s1. The zero-order valence-corrected chi connectivity index (χ0v) is 50.9. The molecule has 0 radical (unpaired) electrons. The van der Waals surface area contributed by atoms with Gasteiger partial charge in [-0.2, -0.15) is 26.3 Å². The number of halogens is 10. The molecule has 10 rings (SSSR count). The second kappa shape index (κ2) is 31.2. The van der Waals surface area contributed by atoms with Gasteiger partial charge in [-0.15, -0.1) is 0 Å². The Morgan fingerprint density at radius 2 is 1.01 bits per heavy atom. The molecular weight excluding hydrogens is 1200 g/mol. The van der Waals surface area contributed by atoms with Crippen molar-refractivity contribution in [3.8, 4) is 0 Å². The van der Waals surface area contributed by atoms with Crippen LogP contribution in [0.2, 0.25) is 0 Å². The average Bonchev–Trinajstić information content (AvgIpc) is 2.06. The maximum Gasteiger partial charge on any atom is 1.00 e. The van der Waals surface area contributed by atoms with Gasteiger partial charge in [-0.05, 0) is 113 Å². The molecule has 4 aliphatic rings. The second-order valence-electron chi connectivity index (χ2n) is 20.9. The topological polar surface area (TPSA) is 245 Å². The first-order chi connectivity index (χ1) is 40.9. The van der Waals surface area contributed by atoms with Crippen LogP contribution in [-0.4, -0.2) is 168 Å². The van der Waals surface area contributed by atoms with E-state index in [2.05, 4.69) is 30.6 Å². The number of amides is 6. The van der Waals surface area contributed by atoms with Crippen LogP contribution < -0.4 is 78.4 Å². The average molecular weight is 1260 g/mol. The van der Waals surface area contributed by atoms with Gasteiger partial charge < -0.3 is 55.0 Å². The van der Waals surface area contributed by atoms with Gasteiger partial charge in [0.25, 0.3) is 0 Å². The van der Waals surface area contributed by atoms with E-state index in [1.165, 1.54) is 40.3 Å². The summed E-state index contributed by atoms with van der Waals surface area (Å²) in [6, 6.07) is 9.63. The first-order valence-electron chi connectivity index (χ1n) is 27.8. The van der Waals surface area contributed by atoms with Crippen LogP contribution >= 0.6 is 0 Å². The van der Waals surface area contributed by atoms with Crippen molar-refractivity contribution in [3.05, 3.63) is 128 Å². The summed E-state index contributed by atoms with van der Waals surface area (Å²) in [5.74, 6) is -8.24. The summed E-state index contributed by atoms with van der Waals surface area (Å²) in [5, 5.41) is 20.2. The molecule has 4 fully saturated rings. The van der Waals surface area contributed by atoms with Crippen LogP contribution in [0.5, 0.6) is 0 Å². The molecule has 6 amide bonds. The van der Waals surface area contributed by atoms with Gasteiger partial charge in [0.2, 0.25) is 17.5 Å². The van der Waals surface area contributed by atoms with Crippen molar-refractivity contribution in [2.75, 3.05) is 65.6 Å². The van der Waals surface area contributed by atoms with Crippen LogP contribution in [0.25, 0.3) is 22.3 Å². The number of fused-ring (bicyclic) bond motifs is 2. The van der Waals surface area contributed by atoms with E-state index in [1.807, 2.05) is 0 Å². The number of alkyl halides is 6. The Labute approximate surface area is 534 Å². The number of rotatable bonds is 8. The van der Waals surface area contributed by atoms with Crippen LogP contribution in [0.4, 0.5) is 53.5 Å². The minimum atomic E-state index is -4.73. The molecule has 0 bridgehead atoms. The van der Waals surface area contributed by atoms with E-state index in [0.29, 0.717) is 57.8 Å². The summed E-state index contributed by atoms with van der Waals surface area (Å²) in [5.41, 5.74) is 1.05. The molecule has 2 unspecified atom stereocenters. The summed E-state index contributed by atoms with van der Waals surface area (Å²) < 4.78 is 140. The SMILES string of the molecule is CCO.CCO.O=C(NC1CC[C@@H](c2cccc(F)c2F)CN(CC(F)(F)F)C1=O)N1CCC(n2c(=O)[n-]c3ncccc32)CC1.O=C(NC1CC[C@@H](c2cccc(F)c2F)CN(CC(F)(F)F)C1=O)N1CCC(n2c(=O)[nH]c3ncccc32)CC1.[K+]. The van der Waals surface area contributed by atoms with E-state index in [9.17, 15) is 72.7 Å². The van der Waals surface area contributed by atoms with Gasteiger partial charge in [0.05, 0.1) is 5.52 Å². The van der Waals surface area contributed by atoms with Gasteiger partial charge in [-0.3, -0.25) is 23.9 Å². The van der Waals surface area contributed by atoms with Crippen molar-refractivity contribution in [2.45, 2.75) is 114 Å². The van der Waals surface area contributed by atoms with Crippen molar-refractivity contribution in [3.63, 3.8) is 0 Å². The fourth-order valence-electron chi connectivity index (χ4n) is 11.2. The van der Waals surface area contributed by atoms with E-state index >= 15 is 0 Å². The van der Waals surface area contributed by atoms with E-state index in [0.717, 1.165) is 12.1 Å². The molecule has 5 N–H and O–H groups in total. The number of nitrogens with zero attached hydrogens (tertiary/aromatic N) is 9. The van der Waals surface area contributed by atoms with E-state index in [4.69, 9.17) is 10.2 Å². The molecule has 8 heterocycles. The number of nitrogens with one attached hydrogen (secondary N) is 3. The molecule has 0 spiro atoms. The third-order valence-electron chi connectivity index (χ3n) is 15.0. The Morgan fingerprint density at radius 3 is 1.45 bits per heavy atom. The molecule has 0 saturated carbocycles. The largest absolute Gasteiger partial charge is 1.00 e. The Hall–Kier alpha value is -6.38. The van der Waals surface area contributed by atoms with Crippen molar-refractivity contribution in [1.29, 1.82) is 0 Å². The number of carbonyl (C=O) groups excluding carboxylic acids is 4. The maximum absolute atomic E-state index is 14.5. The number of urea groups is 2. The zero-order chi connectivity index (χ0) is 62.6. The third kappa shape index (κ3) is 17.9. The van der Waals surface area contributed by atoms with Gasteiger partial charge in [0.1, 0.15) is 25.2 Å². The monoisotopic (exact) mass is 1260 g/mol. The quantitative estimate of drug-likeness (QED) is 0.108. The molecule has 2 aromatic carbocycles. The van der Waals surface area contributed by atoms with Crippen LogP contribution in [0, 0.1) is 23.3 Å². The maximum atomic E-state index is 14.5. The van der Waals surface area contributed by atoms with Gasteiger partial charge in [-0.25, -0.2) is 36.9 Å². The first-order valence-corrected chi connectivity index (χ1v) is 27.8. The number of likely N-dealkylation sites (tertiary alicyclic amines) is 4. The molecule has 4 aliphatic heterocycles. The minimum Gasteiger partial charge on any atom is -0.397 e. The van der Waals surface area contributed by atoms with Crippen molar-refractivity contribution in [1.82, 2.24) is 59.3 Å². The van der Waals surface area contributed by atoms with Crippen molar-refractivity contribution in [2.24, 2.45) is 0 Å². The number of imidazole rings is 2. The molecule has 87 heavy (non-hydrogen) atoms. The van der Waals surface area contributed by atoms with Crippen LogP contribution in [-0.2, 0) is 9.59 Å². The Morgan fingerprint density at radius 1 is 0.598 bits per heavy atom. The summed E-state index contributed by atoms with van der Waals surface area (Å²) in [6.45, 7) is 0.737. The van der Waals surface area contributed by atoms with Gasteiger partial charge in [0.15, 0.2) is 28.9 Å². The Bertz CT molecular complexity index is 3200. The molecule has 6 aromatic rings. The van der Waals surface area contributed by atoms with Gasteiger partial charge in [-0.1, -0.05) is 36.4 Å². The molecule has 31 heteroatoms. The van der Waals surface area contributed by atoms with E-state index < -0.39 is 115 Å². The normalized spacial score (nSPS) is 19.8. The van der Waals surface area contributed by atoms with Crippen molar-refractivity contribution >= 4 is 46.2 Å². The zero-order valence-electron chi connectivity index (χ0n) is 47.8. The molecule has 468 valence electrons. The molecule has 0 aliphatic carbocycles. The summed E-state index contributed by atoms with van der Waals surface area (Å²) in [6.07, 6.45) is -4.61. The number of aliphatic hydroxyl groups is 2. The number of H-pyrrole nitrogens is 1. The summed E-state index contributed by atoms with van der Waals surface area (Å²) in [7, 11) is 0. The molecule has 4 atom stereocenters. The third-order valence-corrected chi connectivity index (χ3v) is 15.0. The van der Waals surface area contributed by atoms with Gasteiger partial charge >= 0.3 is 81.5 Å². The number of hydrogen-bond acceptors (Lipinski definition) is 10. The number of hydrogen-bond donors (Lipinski definition) is 5. The fourth-order valence-corrected chi connectivity index (χ4v) is 11.2. The second-order valence-corrected chi connectivity index (χ2v) is 20.9. The van der Waals surface area contributed by atoms with Crippen LogP contribution in [0.1, 0.15) is 100 Å². The molecular formula is C56H65F10KN12O8. The summed E-state index contributed by atoms with van der Waals surface area (Å²) in [4.78, 5) is 96.2. The van der Waals surface area contributed by atoms with E-state index in [1.54, 1.807) is 53.4 Å². The summed E-state index contributed by atoms with van der Waals surface area (Å²) >= 11 is 0. The van der Waals surface area contributed by atoms with E-state index in [-0.39, 0.29) is 145 Å². The number of carbonyl (C=O) groups is 4. The first kappa shape index (κ1) is 69.7. The predicted molar refractivity (Wildman–Crippen MR) is 291 cm³/mol. The number of benzene rings is 2. The fraction of sp³-hybridized carbons (Fsp3) is 0.500. The number of aromatic amines is 1. The Kier molecular flexibility index (Phi) is 25.0. The molecule has 4 saturated heterocycles. The number of piperidine rings is 2. The number of aromatic nitrogens is 6. The molecule has 20 nitrogen and oxygen atoms in total. The van der Waals surface area contributed by atoms with Gasteiger partial charge in [0, 0.05) is 87.7 Å². The van der Waals surface area contributed by atoms with Crippen LogP contribution in [0.15, 0.2) is 82.6 Å². The number of aliphatic hydroxyl groups excluding tert-OH is 2. The van der Waals surface area contributed by atoms with Crippen LogP contribution in [0.3, 0.4) is 0 Å². The smallest absolute Gasteiger partial charge is 0.397 e. The van der Waals surface area contributed by atoms with Crippen molar-refractivity contribution < 1.29 is 125 Å². The number of pyridine rings is 2. The minimum absolute atomic E-state index is 0.